The summed E-state index contributed by atoms with van der Waals surface area (Å²) in [6.07, 6.45) is 6.35. The Morgan fingerprint density at radius 3 is 2.42 bits per heavy atom. The van der Waals surface area contributed by atoms with E-state index in [4.69, 9.17) is 0 Å². The number of nitrogens with one attached hydrogen (secondary N) is 1. The van der Waals surface area contributed by atoms with Gasteiger partial charge in [0.05, 0.1) is 5.56 Å². The molecule has 0 unspecified atom stereocenters. The lowest BCUT2D eigenvalue weighted by atomic mass is 10.0. The van der Waals surface area contributed by atoms with Gasteiger partial charge in [0.25, 0.3) is 5.91 Å². The molecule has 1 aromatic heterocycles. The van der Waals surface area contributed by atoms with E-state index in [2.05, 4.69) is 38.3 Å². The van der Waals surface area contributed by atoms with Crippen molar-refractivity contribution < 1.29 is 4.79 Å². The SMILES string of the molecule is CNC(=O)c1ccc(N2CCc3ccc(N4CCCC4)cc3CC2)nc1. The van der Waals surface area contributed by atoms with Gasteiger partial charge in [0.2, 0.25) is 0 Å². The molecule has 5 heteroatoms. The molecule has 26 heavy (non-hydrogen) atoms. The molecule has 0 bridgehead atoms. The van der Waals surface area contributed by atoms with E-state index < -0.39 is 0 Å². The lowest BCUT2D eigenvalue weighted by Crippen LogP contribution is -2.27. The monoisotopic (exact) mass is 350 g/mol. The van der Waals surface area contributed by atoms with E-state index >= 15 is 0 Å². The van der Waals surface area contributed by atoms with Crippen molar-refractivity contribution >= 4 is 17.4 Å². The topological polar surface area (TPSA) is 48.5 Å². The van der Waals surface area contributed by atoms with Crippen LogP contribution in [0, 0.1) is 0 Å². The van der Waals surface area contributed by atoms with Crippen LogP contribution >= 0.6 is 0 Å². The van der Waals surface area contributed by atoms with Crippen molar-refractivity contribution in [3.8, 4) is 0 Å². The minimum atomic E-state index is -0.0956. The van der Waals surface area contributed by atoms with E-state index in [1.165, 1.54) is 42.7 Å². The average molecular weight is 350 g/mol. The molecular formula is C21H26N4O. The molecule has 0 aliphatic carbocycles. The molecule has 2 aliphatic heterocycles. The van der Waals surface area contributed by atoms with Crippen LogP contribution in [0.2, 0.25) is 0 Å². The van der Waals surface area contributed by atoms with Crippen molar-refractivity contribution in [1.29, 1.82) is 0 Å². The fraction of sp³-hybridized carbons (Fsp3) is 0.429. The molecule has 2 aliphatic rings. The summed E-state index contributed by atoms with van der Waals surface area (Å²) in [6, 6.07) is 10.8. The molecule has 2 aromatic rings. The highest BCUT2D eigenvalue weighted by Gasteiger charge is 2.18. The molecule has 1 N–H and O–H groups in total. The molecular weight excluding hydrogens is 324 g/mol. The third kappa shape index (κ3) is 3.39. The number of carbonyl (C=O) groups excluding carboxylic acids is 1. The first-order valence-electron chi connectivity index (χ1n) is 9.54. The van der Waals surface area contributed by atoms with Crippen molar-refractivity contribution in [1.82, 2.24) is 10.3 Å². The Balaban J connectivity index is 1.48. The fourth-order valence-corrected chi connectivity index (χ4v) is 3.96. The molecule has 0 saturated carbocycles. The Bertz CT molecular complexity index is 781. The number of hydrogen-bond donors (Lipinski definition) is 1. The van der Waals surface area contributed by atoms with E-state index in [1.54, 1.807) is 13.2 Å². The third-order valence-corrected chi connectivity index (χ3v) is 5.52. The zero-order valence-corrected chi connectivity index (χ0v) is 15.4. The van der Waals surface area contributed by atoms with Crippen LogP contribution in [0.3, 0.4) is 0 Å². The van der Waals surface area contributed by atoms with Crippen molar-refractivity contribution in [3.63, 3.8) is 0 Å². The molecule has 136 valence electrons. The summed E-state index contributed by atoms with van der Waals surface area (Å²) in [5, 5.41) is 2.63. The Labute approximate surface area is 155 Å². The van der Waals surface area contributed by atoms with E-state index in [9.17, 15) is 4.79 Å². The molecule has 0 atom stereocenters. The number of rotatable bonds is 3. The molecule has 0 spiro atoms. The summed E-state index contributed by atoms with van der Waals surface area (Å²) >= 11 is 0. The Hall–Kier alpha value is -2.56. The van der Waals surface area contributed by atoms with Gasteiger partial charge in [-0.05, 0) is 61.1 Å². The largest absolute Gasteiger partial charge is 0.372 e. The van der Waals surface area contributed by atoms with Gasteiger partial charge in [0, 0.05) is 45.1 Å². The summed E-state index contributed by atoms with van der Waals surface area (Å²) in [6.45, 7) is 4.30. The summed E-state index contributed by atoms with van der Waals surface area (Å²) < 4.78 is 0. The molecule has 1 saturated heterocycles. The highest BCUT2D eigenvalue weighted by molar-refractivity contribution is 5.93. The zero-order valence-electron chi connectivity index (χ0n) is 15.4. The number of fused-ring (bicyclic) bond motifs is 1. The molecule has 5 nitrogen and oxygen atoms in total. The summed E-state index contributed by atoms with van der Waals surface area (Å²) in [5.74, 6) is 0.854. The van der Waals surface area contributed by atoms with Crippen LogP contribution < -0.4 is 15.1 Å². The Kier molecular flexibility index (Phi) is 4.78. The van der Waals surface area contributed by atoms with Gasteiger partial charge in [0.15, 0.2) is 0 Å². The highest BCUT2D eigenvalue weighted by atomic mass is 16.1. The number of aromatic nitrogens is 1. The van der Waals surface area contributed by atoms with Crippen LogP contribution in [0.25, 0.3) is 0 Å². The number of pyridine rings is 1. The Morgan fingerprint density at radius 2 is 1.73 bits per heavy atom. The normalized spacial score (nSPS) is 17.0. The number of nitrogens with zero attached hydrogens (tertiary/aromatic N) is 3. The smallest absolute Gasteiger partial charge is 0.252 e. The van der Waals surface area contributed by atoms with E-state index in [-0.39, 0.29) is 5.91 Å². The number of amides is 1. The summed E-state index contributed by atoms with van der Waals surface area (Å²) in [7, 11) is 1.64. The van der Waals surface area contributed by atoms with E-state index in [1.807, 2.05) is 12.1 Å². The minimum Gasteiger partial charge on any atom is -0.372 e. The second-order valence-corrected chi connectivity index (χ2v) is 7.12. The van der Waals surface area contributed by atoms with Crippen LogP contribution in [0.15, 0.2) is 36.5 Å². The second-order valence-electron chi connectivity index (χ2n) is 7.12. The predicted molar refractivity (Wildman–Crippen MR) is 105 cm³/mol. The Morgan fingerprint density at radius 1 is 0.962 bits per heavy atom. The number of carbonyl (C=O) groups is 1. The van der Waals surface area contributed by atoms with E-state index in [0.717, 1.165) is 31.7 Å². The van der Waals surface area contributed by atoms with Gasteiger partial charge in [0.1, 0.15) is 5.82 Å². The maximum absolute atomic E-state index is 11.7. The van der Waals surface area contributed by atoms with Crippen LogP contribution in [0.5, 0.6) is 0 Å². The van der Waals surface area contributed by atoms with Gasteiger partial charge in [-0.25, -0.2) is 4.98 Å². The van der Waals surface area contributed by atoms with Crippen molar-refractivity contribution in [2.45, 2.75) is 25.7 Å². The highest BCUT2D eigenvalue weighted by Crippen LogP contribution is 2.26. The van der Waals surface area contributed by atoms with Crippen molar-refractivity contribution in [2.24, 2.45) is 0 Å². The van der Waals surface area contributed by atoms with Crippen LogP contribution in [0.4, 0.5) is 11.5 Å². The van der Waals surface area contributed by atoms with Crippen LogP contribution in [-0.2, 0) is 12.8 Å². The van der Waals surface area contributed by atoms with Gasteiger partial charge in [-0.2, -0.15) is 0 Å². The first-order chi connectivity index (χ1) is 12.7. The number of hydrogen-bond acceptors (Lipinski definition) is 4. The van der Waals surface area contributed by atoms with Gasteiger partial charge in [-0.3, -0.25) is 4.79 Å². The van der Waals surface area contributed by atoms with Gasteiger partial charge in [-0.15, -0.1) is 0 Å². The second kappa shape index (κ2) is 7.36. The molecule has 3 heterocycles. The lowest BCUT2D eigenvalue weighted by Gasteiger charge is -2.21. The molecule has 1 aromatic carbocycles. The van der Waals surface area contributed by atoms with Gasteiger partial charge >= 0.3 is 0 Å². The standard InChI is InChI=1S/C21H26N4O/c1-22-21(26)18-5-7-20(23-15-18)25-12-8-16-4-6-19(14-17(16)9-13-25)24-10-2-3-11-24/h4-7,14-15H,2-3,8-13H2,1H3,(H,22,26). The minimum absolute atomic E-state index is 0.0956. The maximum Gasteiger partial charge on any atom is 0.252 e. The predicted octanol–water partition coefficient (Wildman–Crippen LogP) is 2.65. The van der Waals surface area contributed by atoms with Crippen molar-refractivity contribution in [3.05, 3.63) is 53.2 Å². The molecule has 4 rings (SSSR count). The van der Waals surface area contributed by atoms with E-state index in [0.29, 0.717) is 5.56 Å². The zero-order chi connectivity index (χ0) is 17.9. The first kappa shape index (κ1) is 16.9. The average Bonchev–Trinajstić information content (AvgIpc) is 3.15. The number of benzene rings is 1. The third-order valence-electron chi connectivity index (χ3n) is 5.52. The van der Waals surface area contributed by atoms with Crippen molar-refractivity contribution in [2.75, 3.05) is 43.0 Å². The first-order valence-corrected chi connectivity index (χ1v) is 9.54. The van der Waals surface area contributed by atoms with Gasteiger partial charge < -0.3 is 15.1 Å². The molecule has 1 fully saturated rings. The lowest BCUT2D eigenvalue weighted by molar-refractivity contribution is 0.0963. The quantitative estimate of drug-likeness (QED) is 0.925. The molecule has 1 amide bonds. The molecule has 0 radical (unpaired) electrons. The maximum atomic E-state index is 11.7. The van der Waals surface area contributed by atoms with Gasteiger partial charge in [-0.1, -0.05) is 6.07 Å². The summed E-state index contributed by atoms with van der Waals surface area (Å²) in [5.41, 5.74) is 4.91. The van der Waals surface area contributed by atoms with Crippen LogP contribution in [-0.4, -0.2) is 44.1 Å². The summed E-state index contributed by atoms with van der Waals surface area (Å²) in [4.78, 5) is 21.0. The fourth-order valence-electron chi connectivity index (χ4n) is 3.96. The number of anilines is 2. The van der Waals surface area contributed by atoms with Crippen LogP contribution in [0.1, 0.15) is 34.3 Å².